The number of allylic oxidation sites excluding steroid dienone is 1. The number of anilines is 1. The van der Waals surface area contributed by atoms with Crippen molar-refractivity contribution >= 4 is 23.4 Å². The average Bonchev–Trinajstić information content (AvgIpc) is 3.15. The highest BCUT2D eigenvalue weighted by atomic mass is 32.2. The highest BCUT2D eigenvalue weighted by molar-refractivity contribution is 7.99. The van der Waals surface area contributed by atoms with Crippen LogP contribution in [0.2, 0.25) is 0 Å². The standard InChI is InChI=1S/C24H28N4O3S/c1-5-12-28-22(16-23(29)25-19-11-10-17(2)15-18(19)3)26-27-24(28)32-14-13-31-21-9-7-6-8-20(21)30-4/h5-11,15H,1,12-14,16H2,2-4H3,(H,25,29). The summed E-state index contributed by atoms with van der Waals surface area (Å²) in [4.78, 5) is 12.6. The van der Waals surface area contributed by atoms with Gasteiger partial charge in [-0.3, -0.25) is 4.79 Å². The van der Waals surface area contributed by atoms with Crippen LogP contribution in [0, 0.1) is 13.8 Å². The number of para-hydroxylation sites is 2. The topological polar surface area (TPSA) is 78.3 Å². The van der Waals surface area contributed by atoms with E-state index >= 15 is 0 Å². The van der Waals surface area contributed by atoms with Crippen LogP contribution in [-0.2, 0) is 17.8 Å². The molecule has 0 fully saturated rings. The van der Waals surface area contributed by atoms with Gasteiger partial charge in [-0.15, -0.1) is 16.8 Å². The van der Waals surface area contributed by atoms with Gasteiger partial charge in [-0.05, 0) is 37.6 Å². The summed E-state index contributed by atoms with van der Waals surface area (Å²) in [6.45, 7) is 8.82. The molecule has 1 heterocycles. The van der Waals surface area contributed by atoms with Gasteiger partial charge in [-0.25, -0.2) is 0 Å². The zero-order valence-corrected chi connectivity index (χ0v) is 19.4. The summed E-state index contributed by atoms with van der Waals surface area (Å²) in [5.41, 5.74) is 2.98. The van der Waals surface area contributed by atoms with E-state index in [2.05, 4.69) is 22.1 Å². The Kier molecular flexibility index (Phi) is 8.33. The number of carbonyl (C=O) groups is 1. The van der Waals surface area contributed by atoms with E-state index in [0.717, 1.165) is 22.0 Å². The van der Waals surface area contributed by atoms with Crippen molar-refractivity contribution in [3.05, 3.63) is 72.1 Å². The Labute approximate surface area is 192 Å². The van der Waals surface area contributed by atoms with Gasteiger partial charge in [-0.2, -0.15) is 0 Å². The van der Waals surface area contributed by atoms with Gasteiger partial charge in [0, 0.05) is 18.0 Å². The van der Waals surface area contributed by atoms with Gasteiger partial charge < -0.3 is 19.4 Å². The summed E-state index contributed by atoms with van der Waals surface area (Å²) in [6, 6.07) is 13.5. The van der Waals surface area contributed by atoms with Gasteiger partial charge in [0.05, 0.1) is 20.1 Å². The van der Waals surface area contributed by atoms with Crippen LogP contribution in [0.25, 0.3) is 0 Å². The number of benzene rings is 2. The quantitative estimate of drug-likeness (QED) is 0.263. The Morgan fingerprint density at radius 2 is 1.97 bits per heavy atom. The Morgan fingerprint density at radius 3 is 2.69 bits per heavy atom. The first-order valence-electron chi connectivity index (χ1n) is 10.3. The molecule has 1 N–H and O–H groups in total. The molecule has 0 spiro atoms. The monoisotopic (exact) mass is 452 g/mol. The molecule has 2 aromatic carbocycles. The minimum Gasteiger partial charge on any atom is -0.493 e. The van der Waals surface area contributed by atoms with E-state index in [9.17, 15) is 4.79 Å². The molecular weight excluding hydrogens is 424 g/mol. The van der Waals surface area contributed by atoms with Crippen molar-refractivity contribution in [3.63, 3.8) is 0 Å². The van der Waals surface area contributed by atoms with Crippen molar-refractivity contribution in [1.29, 1.82) is 0 Å². The zero-order chi connectivity index (χ0) is 22.9. The molecule has 0 atom stereocenters. The second-order valence-corrected chi connectivity index (χ2v) is 8.25. The average molecular weight is 453 g/mol. The van der Waals surface area contributed by atoms with Crippen molar-refractivity contribution in [2.75, 3.05) is 24.8 Å². The minimum absolute atomic E-state index is 0.131. The van der Waals surface area contributed by atoms with E-state index in [0.29, 0.717) is 36.2 Å². The van der Waals surface area contributed by atoms with Crippen molar-refractivity contribution < 1.29 is 14.3 Å². The molecule has 0 aliphatic heterocycles. The third-order valence-electron chi connectivity index (χ3n) is 4.72. The molecule has 0 saturated heterocycles. The molecule has 32 heavy (non-hydrogen) atoms. The number of ether oxygens (including phenoxy) is 2. The number of amides is 1. The molecule has 168 valence electrons. The van der Waals surface area contributed by atoms with Gasteiger partial charge in [-0.1, -0.05) is 47.7 Å². The summed E-state index contributed by atoms with van der Waals surface area (Å²) in [5, 5.41) is 12.2. The second-order valence-electron chi connectivity index (χ2n) is 7.19. The lowest BCUT2D eigenvalue weighted by Crippen LogP contribution is -2.18. The summed E-state index contributed by atoms with van der Waals surface area (Å²) >= 11 is 1.52. The molecule has 7 nitrogen and oxygen atoms in total. The first-order valence-corrected chi connectivity index (χ1v) is 11.3. The Balaban J connectivity index is 1.59. The van der Waals surface area contributed by atoms with Crippen molar-refractivity contribution in [1.82, 2.24) is 14.8 Å². The SMILES string of the molecule is C=CCn1c(CC(=O)Nc2ccc(C)cc2C)nnc1SCCOc1ccccc1OC. The predicted octanol–water partition coefficient (Wildman–Crippen LogP) is 4.44. The fraction of sp³-hybridized carbons (Fsp3) is 0.292. The molecule has 0 bridgehead atoms. The van der Waals surface area contributed by atoms with Gasteiger partial charge >= 0.3 is 0 Å². The van der Waals surface area contributed by atoms with Crippen molar-refractivity contribution in [2.45, 2.75) is 32.0 Å². The Morgan fingerprint density at radius 1 is 1.19 bits per heavy atom. The molecule has 8 heteroatoms. The van der Waals surface area contributed by atoms with Crippen LogP contribution in [0.1, 0.15) is 17.0 Å². The van der Waals surface area contributed by atoms with Gasteiger partial charge in [0.2, 0.25) is 5.91 Å². The first-order chi connectivity index (χ1) is 15.5. The first kappa shape index (κ1) is 23.4. The number of thioether (sulfide) groups is 1. The van der Waals surface area contributed by atoms with Gasteiger partial charge in [0.25, 0.3) is 0 Å². The Hall–Kier alpha value is -3.26. The second kappa shape index (κ2) is 11.4. The third kappa shape index (κ3) is 6.13. The van der Waals surface area contributed by atoms with E-state index in [-0.39, 0.29) is 12.3 Å². The maximum Gasteiger partial charge on any atom is 0.232 e. The summed E-state index contributed by atoms with van der Waals surface area (Å²) < 4.78 is 13.0. The maximum atomic E-state index is 12.6. The van der Waals surface area contributed by atoms with E-state index in [1.54, 1.807) is 13.2 Å². The number of rotatable bonds is 11. The lowest BCUT2D eigenvalue weighted by molar-refractivity contribution is -0.115. The molecule has 3 rings (SSSR count). The number of aromatic nitrogens is 3. The molecule has 0 saturated carbocycles. The molecule has 1 aromatic heterocycles. The molecule has 0 aliphatic carbocycles. The largest absolute Gasteiger partial charge is 0.493 e. The third-order valence-corrected chi connectivity index (χ3v) is 5.65. The fourth-order valence-electron chi connectivity index (χ4n) is 3.18. The highest BCUT2D eigenvalue weighted by Crippen LogP contribution is 2.26. The van der Waals surface area contributed by atoms with Crippen molar-refractivity contribution in [3.8, 4) is 11.5 Å². The summed E-state index contributed by atoms with van der Waals surface area (Å²) in [7, 11) is 1.62. The molecule has 0 unspecified atom stereocenters. The van der Waals surface area contributed by atoms with E-state index < -0.39 is 0 Å². The fourth-order valence-corrected chi connectivity index (χ4v) is 3.97. The molecular formula is C24H28N4O3S. The van der Waals surface area contributed by atoms with E-state index in [4.69, 9.17) is 9.47 Å². The molecule has 0 radical (unpaired) electrons. The number of hydrogen-bond acceptors (Lipinski definition) is 6. The van der Waals surface area contributed by atoms with Crippen LogP contribution in [0.15, 0.2) is 60.3 Å². The minimum atomic E-state index is -0.134. The van der Waals surface area contributed by atoms with Gasteiger partial charge in [0.1, 0.15) is 5.82 Å². The highest BCUT2D eigenvalue weighted by Gasteiger charge is 2.16. The van der Waals surface area contributed by atoms with Crippen LogP contribution >= 0.6 is 11.8 Å². The number of methoxy groups -OCH3 is 1. The number of nitrogens with zero attached hydrogens (tertiary/aromatic N) is 3. The molecule has 3 aromatic rings. The van der Waals surface area contributed by atoms with Crippen LogP contribution in [0.3, 0.4) is 0 Å². The zero-order valence-electron chi connectivity index (χ0n) is 18.6. The summed E-state index contributed by atoms with van der Waals surface area (Å²) in [5.74, 6) is 2.53. The van der Waals surface area contributed by atoms with E-state index in [1.807, 2.05) is 60.9 Å². The maximum absolute atomic E-state index is 12.6. The summed E-state index contributed by atoms with van der Waals surface area (Å²) in [6.07, 6.45) is 1.90. The number of aryl methyl sites for hydroxylation is 2. The normalized spacial score (nSPS) is 10.6. The predicted molar refractivity (Wildman–Crippen MR) is 128 cm³/mol. The van der Waals surface area contributed by atoms with Gasteiger partial charge in [0.15, 0.2) is 16.7 Å². The Bertz CT molecular complexity index is 1080. The molecule has 1 amide bonds. The van der Waals surface area contributed by atoms with E-state index in [1.165, 1.54) is 11.8 Å². The van der Waals surface area contributed by atoms with Crippen LogP contribution < -0.4 is 14.8 Å². The van der Waals surface area contributed by atoms with Crippen LogP contribution in [0.5, 0.6) is 11.5 Å². The van der Waals surface area contributed by atoms with Crippen LogP contribution in [0.4, 0.5) is 5.69 Å². The number of hydrogen-bond donors (Lipinski definition) is 1. The lowest BCUT2D eigenvalue weighted by atomic mass is 10.1. The molecule has 0 aliphatic rings. The van der Waals surface area contributed by atoms with Crippen LogP contribution in [-0.4, -0.2) is 40.1 Å². The smallest absolute Gasteiger partial charge is 0.232 e. The number of carbonyl (C=O) groups excluding carboxylic acids is 1. The number of nitrogens with one attached hydrogen (secondary N) is 1. The van der Waals surface area contributed by atoms with Crippen molar-refractivity contribution in [2.24, 2.45) is 0 Å². The lowest BCUT2D eigenvalue weighted by Gasteiger charge is -2.11.